The van der Waals surface area contributed by atoms with Gasteiger partial charge >= 0.3 is 0 Å². The van der Waals surface area contributed by atoms with Crippen molar-refractivity contribution in [2.24, 2.45) is 11.3 Å². The van der Waals surface area contributed by atoms with Crippen molar-refractivity contribution >= 4 is 29.5 Å². The second-order valence-electron chi connectivity index (χ2n) is 11.1. The molecule has 3 aliphatic rings. The highest BCUT2D eigenvalue weighted by Gasteiger charge is 2.44. The summed E-state index contributed by atoms with van der Waals surface area (Å²) < 4.78 is 16.2. The van der Waals surface area contributed by atoms with Crippen molar-refractivity contribution in [2.45, 2.75) is 52.0 Å². The predicted molar refractivity (Wildman–Crippen MR) is 142 cm³/mol. The van der Waals surface area contributed by atoms with Gasteiger partial charge in [-0.3, -0.25) is 9.21 Å². The molecule has 0 bridgehead atoms. The van der Waals surface area contributed by atoms with Gasteiger partial charge in [0.05, 0.1) is 5.69 Å². The van der Waals surface area contributed by atoms with Gasteiger partial charge in [0.1, 0.15) is 11.6 Å². The fourth-order valence-electron chi connectivity index (χ4n) is 5.90. The van der Waals surface area contributed by atoms with Crippen molar-refractivity contribution in [1.29, 1.82) is 0 Å². The number of anilines is 2. The molecule has 1 N–H and O–H groups in total. The summed E-state index contributed by atoms with van der Waals surface area (Å²) in [5, 5.41) is 3.41. The van der Waals surface area contributed by atoms with Crippen LogP contribution >= 0.6 is 11.8 Å². The molecule has 0 aliphatic carbocycles. The van der Waals surface area contributed by atoms with Crippen LogP contribution in [0.1, 0.15) is 45.1 Å². The van der Waals surface area contributed by atoms with Crippen LogP contribution in [-0.2, 0) is 11.2 Å². The van der Waals surface area contributed by atoms with Crippen molar-refractivity contribution in [1.82, 2.24) is 19.7 Å². The predicted octanol–water partition coefficient (Wildman–Crippen LogP) is 4.25. The summed E-state index contributed by atoms with van der Waals surface area (Å²) in [6, 6.07) is 6.81. The van der Waals surface area contributed by atoms with Crippen molar-refractivity contribution in [2.75, 3.05) is 49.6 Å². The molecule has 0 saturated carbocycles. The maximum atomic E-state index is 15.1. The number of benzene rings is 1. The number of halogens is 2. The van der Waals surface area contributed by atoms with Gasteiger partial charge in [0.15, 0.2) is 0 Å². The van der Waals surface area contributed by atoms with Crippen LogP contribution in [0, 0.1) is 17.2 Å². The zero-order valence-corrected chi connectivity index (χ0v) is 22.2. The Hall–Kier alpha value is -2.45. The first kappa shape index (κ1) is 25.2. The second-order valence-corrected chi connectivity index (χ2v) is 11.6. The van der Waals surface area contributed by atoms with Crippen LogP contribution in [0.5, 0.6) is 0 Å². The fourth-order valence-corrected chi connectivity index (χ4v) is 5.97. The average molecular weight is 515 g/mol. The molecule has 0 unspecified atom stereocenters. The normalized spacial score (nSPS) is 19.4. The molecule has 7 nitrogen and oxygen atoms in total. The van der Waals surface area contributed by atoms with Crippen LogP contribution in [-0.4, -0.2) is 66.1 Å². The van der Waals surface area contributed by atoms with Gasteiger partial charge in [0, 0.05) is 80.6 Å². The first-order valence-corrected chi connectivity index (χ1v) is 13.4. The van der Waals surface area contributed by atoms with Crippen LogP contribution in [0.2, 0.25) is 0 Å². The minimum Gasteiger partial charge on any atom is -0.353 e. The van der Waals surface area contributed by atoms with E-state index < -0.39 is 0 Å². The molecule has 1 atom stereocenters. The lowest BCUT2D eigenvalue weighted by molar-refractivity contribution is -0.126. The van der Waals surface area contributed by atoms with Crippen LogP contribution in [0.4, 0.5) is 16.2 Å². The highest BCUT2D eigenvalue weighted by Crippen LogP contribution is 2.40. The minimum atomic E-state index is -0.278. The molecule has 4 heterocycles. The van der Waals surface area contributed by atoms with Gasteiger partial charge in [-0.15, -0.1) is 0 Å². The van der Waals surface area contributed by atoms with E-state index in [1.165, 1.54) is 6.07 Å². The molecule has 2 saturated heterocycles. The molecular formula is C27H36ClFN6O. The standard InChI is InChI=1S/C27H36ClFN6O/c1-18(2)13-19(14-23(36)33(3)28)35-11-6-8-21-24(20-7-4-5-9-22(20)29)31-26(32-25(21)35)34-12-10-27(17-34)15-30-16-27/h4-5,7,9,18-19,30H,6,8,10-17H2,1-3H3/t19-/m0/s1. The van der Waals surface area contributed by atoms with E-state index in [2.05, 4.69) is 29.0 Å². The number of carbonyl (C=O) groups is 1. The molecule has 9 heteroatoms. The lowest BCUT2D eigenvalue weighted by Gasteiger charge is -2.40. The molecule has 0 radical (unpaired) electrons. The van der Waals surface area contributed by atoms with E-state index in [4.69, 9.17) is 21.7 Å². The maximum Gasteiger partial charge on any atom is 0.238 e. The van der Waals surface area contributed by atoms with Gasteiger partial charge in [-0.05, 0) is 43.7 Å². The van der Waals surface area contributed by atoms with Crippen molar-refractivity contribution in [3.63, 3.8) is 0 Å². The lowest BCUT2D eigenvalue weighted by Crippen LogP contribution is -2.54. The van der Waals surface area contributed by atoms with Gasteiger partial charge < -0.3 is 15.1 Å². The Labute approximate surface area is 218 Å². The Balaban J connectivity index is 1.60. The molecule has 3 aliphatic heterocycles. The molecule has 1 aromatic carbocycles. The Morgan fingerprint density at radius 3 is 2.67 bits per heavy atom. The summed E-state index contributed by atoms with van der Waals surface area (Å²) in [5.74, 6) is 1.50. The summed E-state index contributed by atoms with van der Waals surface area (Å²) in [6.07, 6.45) is 3.93. The van der Waals surface area contributed by atoms with E-state index in [0.29, 0.717) is 29.5 Å². The molecule has 1 aromatic heterocycles. The van der Waals surface area contributed by atoms with E-state index >= 15 is 4.39 Å². The highest BCUT2D eigenvalue weighted by molar-refractivity contribution is 6.21. The van der Waals surface area contributed by atoms with Gasteiger partial charge in [-0.2, -0.15) is 4.98 Å². The number of carbonyl (C=O) groups excluding carboxylic acids is 1. The molecule has 2 fully saturated rings. The smallest absolute Gasteiger partial charge is 0.238 e. The minimum absolute atomic E-state index is 0.0466. The number of nitrogens with zero attached hydrogens (tertiary/aromatic N) is 5. The van der Waals surface area contributed by atoms with Crippen LogP contribution in [0.3, 0.4) is 0 Å². The molecule has 194 valence electrons. The van der Waals surface area contributed by atoms with Crippen LogP contribution in [0.25, 0.3) is 11.3 Å². The Morgan fingerprint density at radius 2 is 2.03 bits per heavy atom. The van der Waals surface area contributed by atoms with E-state index in [1.807, 2.05) is 6.07 Å². The summed E-state index contributed by atoms with van der Waals surface area (Å²) in [5.41, 5.74) is 2.44. The van der Waals surface area contributed by atoms with Gasteiger partial charge in [-0.1, -0.05) is 26.0 Å². The van der Waals surface area contributed by atoms with Gasteiger partial charge in [-0.25, -0.2) is 9.37 Å². The summed E-state index contributed by atoms with van der Waals surface area (Å²) in [4.78, 5) is 27.3. The summed E-state index contributed by atoms with van der Waals surface area (Å²) in [7, 11) is 1.58. The number of amides is 1. The summed E-state index contributed by atoms with van der Waals surface area (Å²) >= 11 is 6.01. The molecule has 5 rings (SSSR count). The fraction of sp³-hybridized carbons (Fsp3) is 0.593. The second kappa shape index (κ2) is 10.1. The zero-order chi connectivity index (χ0) is 25.4. The number of fused-ring (bicyclic) bond motifs is 1. The maximum absolute atomic E-state index is 15.1. The number of hydrogen-bond donors (Lipinski definition) is 1. The third kappa shape index (κ3) is 4.90. The van der Waals surface area contributed by atoms with E-state index in [-0.39, 0.29) is 23.2 Å². The molecule has 2 aromatic rings. The van der Waals surface area contributed by atoms with Crippen molar-refractivity contribution < 1.29 is 9.18 Å². The number of nitrogens with one attached hydrogen (secondary N) is 1. The molecule has 1 amide bonds. The van der Waals surface area contributed by atoms with Crippen LogP contribution in [0.15, 0.2) is 24.3 Å². The Kier molecular flexibility index (Phi) is 7.10. The van der Waals surface area contributed by atoms with Gasteiger partial charge in [0.2, 0.25) is 11.9 Å². The Bertz CT molecular complexity index is 1120. The molecule has 1 spiro atoms. The van der Waals surface area contributed by atoms with E-state index in [9.17, 15) is 4.79 Å². The molecular weight excluding hydrogens is 479 g/mol. The molecule has 36 heavy (non-hydrogen) atoms. The SMILES string of the molecule is CC(C)C[C@@H](CC(=O)N(C)Cl)N1CCCc2c(-c3ccccc3F)nc(N3CCC4(CNC4)C3)nc21. The first-order chi connectivity index (χ1) is 17.3. The van der Waals surface area contributed by atoms with Crippen molar-refractivity contribution in [3.05, 3.63) is 35.6 Å². The largest absolute Gasteiger partial charge is 0.353 e. The Morgan fingerprint density at radius 1 is 1.25 bits per heavy atom. The number of rotatable bonds is 7. The topological polar surface area (TPSA) is 64.6 Å². The summed E-state index contributed by atoms with van der Waals surface area (Å²) in [6.45, 7) is 8.96. The number of aromatic nitrogens is 2. The average Bonchev–Trinajstić information content (AvgIpc) is 3.29. The monoisotopic (exact) mass is 514 g/mol. The zero-order valence-electron chi connectivity index (χ0n) is 21.4. The quantitative estimate of drug-likeness (QED) is 0.557. The first-order valence-electron chi connectivity index (χ1n) is 13.1. The van der Waals surface area contributed by atoms with Gasteiger partial charge in [0.25, 0.3) is 0 Å². The highest BCUT2D eigenvalue weighted by atomic mass is 35.5. The third-order valence-electron chi connectivity index (χ3n) is 7.86. The lowest BCUT2D eigenvalue weighted by atomic mass is 9.81. The number of hydrogen-bond acceptors (Lipinski definition) is 6. The van der Waals surface area contributed by atoms with E-state index in [0.717, 1.165) is 74.2 Å². The van der Waals surface area contributed by atoms with E-state index in [1.54, 1.807) is 19.2 Å². The van der Waals surface area contributed by atoms with Crippen LogP contribution < -0.4 is 15.1 Å². The van der Waals surface area contributed by atoms with Crippen molar-refractivity contribution in [3.8, 4) is 11.3 Å². The third-order valence-corrected chi connectivity index (χ3v) is 8.05.